The maximum Gasteiger partial charge on any atom is 0.328 e. The number of nitrogens with zero attached hydrogens (tertiary/aromatic N) is 4. The number of aryl methyl sites for hydroxylation is 2. The molecular weight excluding hydrogens is 390 g/mol. The highest BCUT2D eigenvalue weighted by Gasteiger charge is 2.56. The second kappa shape index (κ2) is 7.66. The molecule has 7 nitrogen and oxygen atoms in total. The third kappa shape index (κ3) is 3.28. The van der Waals surface area contributed by atoms with Gasteiger partial charge in [-0.05, 0) is 37.5 Å². The number of amides is 3. The normalized spacial score (nSPS) is 26.3. The summed E-state index contributed by atoms with van der Waals surface area (Å²) in [5.41, 5.74) is 4.59. The van der Waals surface area contributed by atoms with Crippen LogP contribution in [0.4, 0.5) is 10.5 Å². The Bertz CT molecular complexity index is 1010. The number of carbonyl (C=O) groups excluding carboxylic acids is 2. The van der Waals surface area contributed by atoms with E-state index in [2.05, 4.69) is 47.2 Å². The van der Waals surface area contributed by atoms with Crippen molar-refractivity contribution >= 4 is 17.6 Å². The van der Waals surface area contributed by atoms with Gasteiger partial charge in [0.2, 0.25) is 0 Å². The van der Waals surface area contributed by atoms with Crippen LogP contribution in [0, 0.1) is 13.8 Å². The Hall–Kier alpha value is -2.90. The zero-order chi connectivity index (χ0) is 21.7. The van der Waals surface area contributed by atoms with Crippen molar-refractivity contribution in [1.29, 1.82) is 0 Å². The van der Waals surface area contributed by atoms with Gasteiger partial charge < -0.3 is 9.80 Å². The van der Waals surface area contributed by atoms with E-state index >= 15 is 0 Å². The first kappa shape index (κ1) is 20.0. The number of likely N-dealkylation sites (N-methyl/N-ethyl adjacent to an activating group) is 1. The van der Waals surface area contributed by atoms with Gasteiger partial charge in [-0.1, -0.05) is 48.0 Å². The molecule has 3 aliphatic rings. The van der Waals surface area contributed by atoms with Crippen LogP contribution in [-0.4, -0.2) is 65.3 Å². The Labute approximate surface area is 183 Å². The van der Waals surface area contributed by atoms with Crippen molar-refractivity contribution < 1.29 is 9.59 Å². The minimum absolute atomic E-state index is 0.110. The van der Waals surface area contributed by atoms with E-state index in [1.807, 2.05) is 30.3 Å². The maximum absolute atomic E-state index is 13.6. The maximum atomic E-state index is 13.6. The molecule has 3 saturated heterocycles. The third-order valence-electron chi connectivity index (χ3n) is 6.72. The number of urea groups is 1. The number of fused-ring (bicyclic) bond motifs is 3. The average molecular weight is 420 g/mol. The predicted octanol–water partition coefficient (Wildman–Crippen LogP) is 2.49. The number of imide groups is 1. The summed E-state index contributed by atoms with van der Waals surface area (Å²) in [4.78, 5) is 34.3. The topological polar surface area (TPSA) is 59.1 Å². The highest BCUT2D eigenvalue weighted by Crippen LogP contribution is 2.34. The lowest BCUT2D eigenvalue weighted by Crippen LogP contribution is -2.66. The summed E-state index contributed by atoms with van der Waals surface area (Å²) in [6.07, 6.45) is 0.530. The molecule has 0 saturated carbocycles. The quantitative estimate of drug-likeness (QED) is 0.828. The van der Waals surface area contributed by atoms with Crippen LogP contribution < -0.4 is 10.2 Å². The van der Waals surface area contributed by atoms with Crippen molar-refractivity contribution in [3.63, 3.8) is 0 Å². The van der Waals surface area contributed by atoms with E-state index in [1.165, 1.54) is 21.7 Å². The lowest BCUT2D eigenvalue weighted by molar-refractivity contribution is -0.139. The molecule has 3 fully saturated rings. The molecule has 31 heavy (non-hydrogen) atoms. The van der Waals surface area contributed by atoms with Crippen LogP contribution >= 0.6 is 0 Å². The van der Waals surface area contributed by atoms with Gasteiger partial charge in [0, 0.05) is 25.8 Å². The zero-order valence-electron chi connectivity index (χ0n) is 18.3. The molecule has 0 radical (unpaired) electrons. The van der Waals surface area contributed by atoms with Crippen LogP contribution in [0.15, 0.2) is 48.5 Å². The number of hydrogen-bond donors (Lipinski definition) is 1. The monoisotopic (exact) mass is 419 g/mol. The van der Waals surface area contributed by atoms with Gasteiger partial charge in [0.1, 0.15) is 18.5 Å². The minimum atomic E-state index is -0.384. The molecule has 7 heteroatoms. The number of carbonyl (C=O) groups is 2. The van der Waals surface area contributed by atoms with Crippen molar-refractivity contribution in [2.24, 2.45) is 0 Å². The number of anilines is 1. The molecule has 0 aliphatic carbocycles. The molecule has 2 aromatic carbocycles. The molecule has 5 rings (SSSR count). The van der Waals surface area contributed by atoms with Crippen molar-refractivity contribution in [3.05, 3.63) is 65.2 Å². The SMILES string of the molecule is Cc1ccc(N2CCCN3C4C(=O)N(Cc5ccccc5)C(=O)N(C)C4NC23)c(C)c1. The average Bonchev–Trinajstić information content (AvgIpc) is 3.16. The first-order valence-corrected chi connectivity index (χ1v) is 10.9. The molecule has 3 atom stereocenters. The van der Waals surface area contributed by atoms with Crippen LogP contribution in [0.3, 0.4) is 0 Å². The van der Waals surface area contributed by atoms with Crippen LogP contribution in [0.25, 0.3) is 0 Å². The molecular formula is C24H29N5O2. The van der Waals surface area contributed by atoms with Gasteiger partial charge in [0.15, 0.2) is 0 Å². The number of benzene rings is 2. The molecule has 2 aromatic rings. The van der Waals surface area contributed by atoms with Crippen LogP contribution in [-0.2, 0) is 11.3 Å². The summed E-state index contributed by atoms with van der Waals surface area (Å²) in [6, 6.07) is 15.6. The summed E-state index contributed by atoms with van der Waals surface area (Å²) in [5, 5.41) is 3.59. The zero-order valence-corrected chi connectivity index (χ0v) is 18.3. The third-order valence-corrected chi connectivity index (χ3v) is 6.72. The number of nitrogens with one attached hydrogen (secondary N) is 1. The van der Waals surface area contributed by atoms with Gasteiger partial charge in [-0.15, -0.1) is 0 Å². The van der Waals surface area contributed by atoms with E-state index in [9.17, 15) is 9.59 Å². The van der Waals surface area contributed by atoms with Crippen molar-refractivity contribution in [3.8, 4) is 0 Å². The second-order valence-electron chi connectivity index (χ2n) is 8.81. The van der Waals surface area contributed by atoms with Crippen molar-refractivity contribution in [1.82, 2.24) is 20.0 Å². The fourth-order valence-electron chi connectivity index (χ4n) is 5.20. The minimum Gasteiger partial charge on any atom is -0.343 e. The molecule has 0 spiro atoms. The predicted molar refractivity (Wildman–Crippen MR) is 119 cm³/mol. The Morgan fingerprint density at radius 2 is 1.81 bits per heavy atom. The summed E-state index contributed by atoms with van der Waals surface area (Å²) in [6.45, 7) is 6.27. The largest absolute Gasteiger partial charge is 0.343 e. The molecule has 0 aromatic heterocycles. The first-order chi connectivity index (χ1) is 15.0. The van der Waals surface area contributed by atoms with E-state index in [0.717, 1.165) is 25.1 Å². The van der Waals surface area contributed by atoms with E-state index in [1.54, 1.807) is 11.9 Å². The Kier molecular flexibility index (Phi) is 4.95. The van der Waals surface area contributed by atoms with Crippen molar-refractivity contribution in [2.45, 2.75) is 45.3 Å². The second-order valence-corrected chi connectivity index (χ2v) is 8.81. The fraction of sp³-hybridized carbons (Fsp3) is 0.417. The van der Waals surface area contributed by atoms with Crippen LogP contribution in [0.1, 0.15) is 23.1 Å². The lowest BCUT2D eigenvalue weighted by atomic mass is 10.1. The van der Waals surface area contributed by atoms with E-state index in [0.29, 0.717) is 6.54 Å². The van der Waals surface area contributed by atoms with Crippen LogP contribution in [0.5, 0.6) is 0 Å². The Balaban J connectivity index is 1.45. The summed E-state index contributed by atoms with van der Waals surface area (Å²) in [5.74, 6) is -0.116. The molecule has 162 valence electrons. The fourth-order valence-corrected chi connectivity index (χ4v) is 5.20. The van der Waals surface area contributed by atoms with E-state index < -0.39 is 0 Å². The first-order valence-electron chi connectivity index (χ1n) is 10.9. The highest BCUT2D eigenvalue weighted by molar-refractivity contribution is 6.00. The van der Waals surface area contributed by atoms with Crippen LogP contribution in [0.2, 0.25) is 0 Å². The van der Waals surface area contributed by atoms with Gasteiger partial charge in [-0.2, -0.15) is 0 Å². The summed E-state index contributed by atoms with van der Waals surface area (Å²) >= 11 is 0. The van der Waals surface area contributed by atoms with Gasteiger partial charge in [-0.25, -0.2) is 4.79 Å². The molecule has 0 bridgehead atoms. The molecule has 1 N–H and O–H groups in total. The number of rotatable bonds is 3. The molecule has 3 aliphatic heterocycles. The summed E-state index contributed by atoms with van der Waals surface area (Å²) in [7, 11) is 1.79. The van der Waals surface area contributed by atoms with Crippen molar-refractivity contribution in [2.75, 3.05) is 25.0 Å². The highest BCUT2D eigenvalue weighted by atomic mass is 16.2. The number of hydrogen-bond acceptors (Lipinski definition) is 5. The van der Waals surface area contributed by atoms with Gasteiger partial charge in [0.05, 0.1) is 6.54 Å². The smallest absolute Gasteiger partial charge is 0.328 e. The van der Waals surface area contributed by atoms with Gasteiger partial charge in [0.25, 0.3) is 5.91 Å². The molecule has 3 amide bonds. The Morgan fingerprint density at radius 3 is 2.55 bits per heavy atom. The Morgan fingerprint density at radius 1 is 1.03 bits per heavy atom. The van der Waals surface area contributed by atoms with Gasteiger partial charge >= 0.3 is 6.03 Å². The summed E-state index contributed by atoms with van der Waals surface area (Å²) < 4.78 is 0. The molecule has 3 unspecified atom stereocenters. The lowest BCUT2D eigenvalue weighted by Gasteiger charge is -2.44. The standard InChI is InChI=1S/C24H29N5O2/c1-16-10-11-19(17(2)14-16)27-12-7-13-28-20-21(25-23(27)28)26(3)24(31)29(22(20)30)15-18-8-5-4-6-9-18/h4-6,8-11,14,20-21,23,25H,7,12-13,15H2,1-3H3. The van der Waals surface area contributed by atoms with Gasteiger partial charge in [-0.3, -0.25) is 19.9 Å². The van der Waals surface area contributed by atoms with E-state index in [4.69, 9.17) is 0 Å². The molecule has 3 heterocycles. The van der Waals surface area contributed by atoms with E-state index in [-0.39, 0.29) is 30.4 Å².